The van der Waals surface area contributed by atoms with Gasteiger partial charge in [0.25, 0.3) is 0 Å². The number of nitrogens with two attached hydrogens (primary N) is 1. The van der Waals surface area contributed by atoms with Crippen molar-refractivity contribution in [3.63, 3.8) is 0 Å². The van der Waals surface area contributed by atoms with Gasteiger partial charge in [0.15, 0.2) is 5.78 Å². The normalized spacial score (nSPS) is 12.3. The summed E-state index contributed by atoms with van der Waals surface area (Å²) in [5.74, 6) is 5.60. The van der Waals surface area contributed by atoms with Crippen LogP contribution in [0.2, 0.25) is 10.0 Å². The highest BCUT2D eigenvalue weighted by atomic mass is 35.5. The molecule has 0 fully saturated rings. The van der Waals surface area contributed by atoms with Crippen molar-refractivity contribution in [2.75, 3.05) is 7.11 Å². The van der Waals surface area contributed by atoms with Crippen molar-refractivity contribution in [3.8, 4) is 5.75 Å². The topological polar surface area (TPSA) is 64.7 Å². The second-order valence-electron chi connectivity index (χ2n) is 4.56. The van der Waals surface area contributed by atoms with E-state index in [0.717, 1.165) is 16.7 Å². The second kappa shape index (κ2) is 8.24. The molecule has 7 heteroatoms. The SMILES string of the molecule is COc1ccc(C(Sc2cc(Cl)cc(Cl)c2)C(=O)C=NN)cc1. The molecule has 23 heavy (non-hydrogen) atoms. The zero-order chi connectivity index (χ0) is 16.8. The van der Waals surface area contributed by atoms with Gasteiger partial charge in [-0.3, -0.25) is 4.79 Å². The largest absolute Gasteiger partial charge is 0.497 e. The highest BCUT2D eigenvalue weighted by Gasteiger charge is 2.21. The van der Waals surface area contributed by atoms with Crippen molar-refractivity contribution in [1.82, 2.24) is 0 Å². The predicted molar refractivity (Wildman–Crippen MR) is 95.7 cm³/mol. The Bertz CT molecular complexity index is 700. The molecule has 0 aliphatic carbocycles. The Hall–Kier alpha value is -1.69. The van der Waals surface area contributed by atoms with E-state index in [9.17, 15) is 4.79 Å². The Morgan fingerprint density at radius 2 is 1.83 bits per heavy atom. The molecule has 120 valence electrons. The number of hydrazone groups is 1. The van der Waals surface area contributed by atoms with E-state index >= 15 is 0 Å². The van der Waals surface area contributed by atoms with Gasteiger partial charge in [-0.2, -0.15) is 5.10 Å². The van der Waals surface area contributed by atoms with Crippen LogP contribution in [0, 0.1) is 0 Å². The summed E-state index contributed by atoms with van der Waals surface area (Å²) < 4.78 is 5.13. The van der Waals surface area contributed by atoms with Gasteiger partial charge in [0.2, 0.25) is 0 Å². The zero-order valence-electron chi connectivity index (χ0n) is 12.2. The molecule has 0 aromatic heterocycles. The fraction of sp³-hybridized carbons (Fsp3) is 0.125. The summed E-state index contributed by atoms with van der Waals surface area (Å²) in [7, 11) is 1.58. The quantitative estimate of drug-likeness (QED) is 0.356. The maximum atomic E-state index is 12.3. The van der Waals surface area contributed by atoms with Crippen LogP contribution in [0.5, 0.6) is 5.75 Å². The first-order chi connectivity index (χ1) is 11.0. The molecule has 0 aliphatic rings. The van der Waals surface area contributed by atoms with Gasteiger partial charge in [-0.1, -0.05) is 35.3 Å². The zero-order valence-corrected chi connectivity index (χ0v) is 14.5. The summed E-state index contributed by atoms with van der Waals surface area (Å²) in [5, 5.41) is 3.83. The molecule has 2 aromatic carbocycles. The molecule has 0 saturated carbocycles. The number of halogens is 2. The van der Waals surface area contributed by atoms with E-state index in [-0.39, 0.29) is 5.78 Å². The molecule has 0 heterocycles. The predicted octanol–water partition coefficient (Wildman–Crippen LogP) is 4.35. The molecule has 0 saturated heterocycles. The molecule has 0 bridgehead atoms. The lowest BCUT2D eigenvalue weighted by Crippen LogP contribution is -2.11. The molecule has 1 unspecified atom stereocenters. The van der Waals surface area contributed by atoms with Gasteiger partial charge in [-0.15, -0.1) is 11.8 Å². The Labute approximate surface area is 148 Å². The maximum absolute atomic E-state index is 12.3. The number of hydrogen-bond donors (Lipinski definition) is 1. The Morgan fingerprint density at radius 1 is 1.22 bits per heavy atom. The van der Waals surface area contributed by atoms with Gasteiger partial charge in [-0.05, 0) is 35.9 Å². The number of benzene rings is 2. The first kappa shape index (κ1) is 17.7. The smallest absolute Gasteiger partial charge is 0.193 e. The first-order valence-electron chi connectivity index (χ1n) is 6.57. The third kappa shape index (κ3) is 4.89. The van der Waals surface area contributed by atoms with Crippen molar-refractivity contribution < 1.29 is 9.53 Å². The number of Topliss-reactive ketones (excluding diaryl/α,β-unsaturated/α-hetero) is 1. The summed E-state index contributed by atoms with van der Waals surface area (Å²) in [6.07, 6.45) is 1.11. The Balaban J connectivity index is 2.35. The number of carbonyl (C=O) groups excluding carboxylic acids is 1. The number of nitrogens with zero attached hydrogens (tertiary/aromatic N) is 1. The summed E-state index contributed by atoms with van der Waals surface area (Å²) in [6.45, 7) is 0. The third-order valence-corrected chi connectivity index (χ3v) is 4.65. The summed E-state index contributed by atoms with van der Waals surface area (Å²) >= 11 is 13.4. The lowest BCUT2D eigenvalue weighted by atomic mass is 10.1. The van der Waals surface area contributed by atoms with Crippen molar-refractivity contribution >= 4 is 47.0 Å². The minimum absolute atomic E-state index is 0.223. The summed E-state index contributed by atoms with van der Waals surface area (Å²) in [5.41, 5.74) is 0.803. The van der Waals surface area contributed by atoms with Crippen molar-refractivity contribution in [2.45, 2.75) is 10.1 Å². The van der Waals surface area contributed by atoms with E-state index in [4.69, 9.17) is 33.8 Å². The molecule has 0 radical (unpaired) electrons. The third-order valence-electron chi connectivity index (χ3n) is 2.97. The molecule has 2 aromatic rings. The van der Waals surface area contributed by atoms with Crippen molar-refractivity contribution in [3.05, 3.63) is 58.1 Å². The lowest BCUT2D eigenvalue weighted by Gasteiger charge is -2.15. The van der Waals surface area contributed by atoms with Crippen LogP contribution in [0.15, 0.2) is 52.5 Å². The number of rotatable bonds is 6. The summed E-state index contributed by atoms with van der Waals surface area (Å²) in [6, 6.07) is 12.4. The van der Waals surface area contributed by atoms with Crippen molar-refractivity contribution in [2.24, 2.45) is 10.9 Å². The number of ketones is 1. The minimum Gasteiger partial charge on any atom is -0.497 e. The number of ether oxygens (including phenoxy) is 1. The second-order valence-corrected chi connectivity index (χ2v) is 6.61. The summed E-state index contributed by atoms with van der Waals surface area (Å²) in [4.78, 5) is 13.1. The van der Waals surface area contributed by atoms with Gasteiger partial charge >= 0.3 is 0 Å². The number of hydrogen-bond acceptors (Lipinski definition) is 5. The van der Waals surface area contributed by atoms with Crippen molar-refractivity contribution in [1.29, 1.82) is 0 Å². The van der Waals surface area contributed by atoms with Crippen LogP contribution in [0.1, 0.15) is 10.8 Å². The van der Waals surface area contributed by atoms with E-state index in [2.05, 4.69) is 5.10 Å². The van der Waals surface area contributed by atoms with E-state index in [1.54, 1.807) is 37.4 Å². The fourth-order valence-electron chi connectivity index (χ4n) is 1.94. The van der Waals surface area contributed by atoms with Gasteiger partial charge < -0.3 is 10.6 Å². The Kier molecular flexibility index (Phi) is 6.33. The van der Waals surface area contributed by atoms with Gasteiger partial charge in [0.1, 0.15) is 5.75 Å². The molecule has 0 aliphatic heterocycles. The monoisotopic (exact) mass is 368 g/mol. The van der Waals surface area contributed by atoms with Crippen LogP contribution >= 0.6 is 35.0 Å². The fourth-order valence-corrected chi connectivity index (χ4v) is 3.73. The van der Waals surface area contributed by atoms with Gasteiger partial charge in [0.05, 0.1) is 18.6 Å². The van der Waals surface area contributed by atoms with Crippen LogP contribution in [0.4, 0.5) is 0 Å². The number of carbonyl (C=O) groups is 1. The molecule has 0 amide bonds. The molecule has 2 N–H and O–H groups in total. The van der Waals surface area contributed by atoms with Crippen LogP contribution in [0.3, 0.4) is 0 Å². The minimum atomic E-state index is -0.511. The van der Waals surface area contributed by atoms with Crippen LogP contribution in [-0.2, 0) is 4.79 Å². The standard InChI is InChI=1S/C16H14Cl2N2O2S/c1-22-13-4-2-10(3-5-13)16(15(21)9-20-19)23-14-7-11(17)6-12(18)8-14/h2-9,16H,19H2,1H3. The molecular formula is C16H14Cl2N2O2S. The average Bonchev–Trinajstić information content (AvgIpc) is 2.52. The first-order valence-corrected chi connectivity index (χ1v) is 8.21. The lowest BCUT2D eigenvalue weighted by molar-refractivity contribution is -0.112. The van der Waals surface area contributed by atoms with E-state index in [0.29, 0.717) is 15.8 Å². The molecule has 2 rings (SSSR count). The molecule has 1 atom stereocenters. The average molecular weight is 369 g/mol. The molecule has 0 spiro atoms. The van der Waals surface area contributed by atoms with Crippen LogP contribution < -0.4 is 10.6 Å². The molecular weight excluding hydrogens is 355 g/mol. The number of thioether (sulfide) groups is 1. The van der Waals surface area contributed by atoms with Gasteiger partial charge in [-0.25, -0.2) is 0 Å². The Morgan fingerprint density at radius 3 is 2.35 bits per heavy atom. The van der Waals surface area contributed by atoms with E-state index < -0.39 is 5.25 Å². The van der Waals surface area contributed by atoms with Gasteiger partial charge in [0, 0.05) is 14.9 Å². The van der Waals surface area contributed by atoms with Crippen LogP contribution in [-0.4, -0.2) is 19.1 Å². The van der Waals surface area contributed by atoms with Crippen LogP contribution in [0.25, 0.3) is 0 Å². The highest BCUT2D eigenvalue weighted by Crippen LogP contribution is 2.38. The number of methoxy groups -OCH3 is 1. The molecule has 4 nitrogen and oxygen atoms in total. The van der Waals surface area contributed by atoms with E-state index in [1.807, 2.05) is 12.1 Å². The highest BCUT2D eigenvalue weighted by molar-refractivity contribution is 8.00. The van der Waals surface area contributed by atoms with E-state index in [1.165, 1.54) is 11.8 Å². The maximum Gasteiger partial charge on any atom is 0.193 e.